The van der Waals surface area contributed by atoms with E-state index in [4.69, 9.17) is 14.5 Å². The molecule has 7 heteroatoms. The Morgan fingerprint density at radius 2 is 1.76 bits per heavy atom. The molecular weight excluding hydrogens is 386 g/mol. The lowest BCUT2D eigenvalue weighted by Gasteiger charge is -2.20. The zero-order chi connectivity index (χ0) is 21.0. The molecule has 0 unspecified atom stereocenters. The highest BCUT2D eigenvalue weighted by Gasteiger charge is 2.17. The molecule has 0 aliphatic heterocycles. The molecule has 0 amide bonds. The topological polar surface area (TPSA) is 56.6 Å². The van der Waals surface area contributed by atoms with Gasteiger partial charge in [0.05, 0.1) is 25.6 Å². The summed E-state index contributed by atoms with van der Waals surface area (Å²) in [4.78, 5) is 22.4. The Bertz CT molecular complexity index is 1020. The van der Waals surface area contributed by atoms with Crippen LogP contribution in [-0.2, 0) is 13.1 Å². The molecule has 156 valence electrons. The van der Waals surface area contributed by atoms with Crippen LogP contribution in [0.4, 0.5) is 0 Å². The Morgan fingerprint density at radius 1 is 1.10 bits per heavy atom. The first kappa shape index (κ1) is 21.3. The third-order valence-electron chi connectivity index (χ3n) is 5.27. The first-order valence-electron chi connectivity index (χ1n) is 9.97. The smallest absolute Gasteiger partial charge is 0.262 e. The maximum atomic E-state index is 13.3. The molecule has 0 saturated carbocycles. The van der Waals surface area contributed by atoms with Gasteiger partial charge in [-0.05, 0) is 56.8 Å². The molecule has 0 N–H and O–H groups in total. The van der Waals surface area contributed by atoms with E-state index in [9.17, 15) is 4.79 Å². The number of hydrogen-bond acceptors (Lipinski definition) is 6. The fourth-order valence-electron chi connectivity index (χ4n) is 3.29. The largest absolute Gasteiger partial charge is 0.497 e. The van der Waals surface area contributed by atoms with Crippen molar-refractivity contribution in [2.45, 2.75) is 40.8 Å². The molecule has 1 aromatic carbocycles. The van der Waals surface area contributed by atoms with Gasteiger partial charge >= 0.3 is 0 Å². The van der Waals surface area contributed by atoms with Crippen molar-refractivity contribution in [3.05, 3.63) is 50.9 Å². The number of benzene rings is 1. The Morgan fingerprint density at radius 3 is 2.38 bits per heavy atom. The van der Waals surface area contributed by atoms with Gasteiger partial charge in [0.2, 0.25) is 0 Å². The van der Waals surface area contributed by atoms with E-state index in [1.807, 2.05) is 38.1 Å². The Balaban J connectivity index is 1.89. The van der Waals surface area contributed by atoms with Crippen molar-refractivity contribution in [1.29, 1.82) is 0 Å². The quantitative estimate of drug-likeness (QED) is 0.529. The van der Waals surface area contributed by atoms with Gasteiger partial charge in [0.15, 0.2) is 0 Å². The van der Waals surface area contributed by atoms with Crippen LogP contribution in [0.15, 0.2) is 29.1 Å². The number of aromatic nitrogens is 2. The predicted molar refractivity (Wildman–Crippen MR) is 118 cm³/mol. The monoisotopic (exact) mass is 415 g/mol. The first-order chi connectivity index (χ1) is 14.0. The fourth-order valence-corrected chi connectivity index (χ4v) is 4.33. The summed E-state index contributed by atoms with van der Waals surface area (Å²) in [7, 11) is 1.64. The minimum Gasteiger partial charge on any atom is -0.497 e. The lowest BCUT2D eigenvalue weighted by molar-refractivity contribution is 0.266. The van der Waals surface area contributed by atoms with E-state index >= 15 is 0 Å². The van der Waals surface area contributed by atoms with Gasteiger partial charge in [0.1, 0.15) is 28.8 Å². The lowest BCUT2D eigenvalue weighted by Crippen LogP contribution is -2.32. The molecule has 0 aliphatic carbocycles. The predicted octanol–water partition coefficient (Wildman–Crippen LogP) is 4.00. The molecule has 3 rings (SSSR count). The zero-order valence-electron chi connectivity index (χ0n) is 17.8. The number of rotatable bonds is 9. The van der Waals surface area contributed by atoms with Crippen molar-refractivity contribution in [3.8, 4) is 11.5 Å². The van der Waals surface area contributed by atoms with Gasteiger partial charge in [-0.1, -0.05) is 13.8 Å². The lowest BCUT2D eigenvalue weighted by atomic mass is 10.2. The van der Waals surface area contributed by atoms with Gasteiger partial charge in [0.25, 0.3) is 5.56 Å². The number of methoxy groups -OCH3 is 1. The molecule has 2 aromatic heterocycles. The van der Waals surface area contributed by atoms with Gasteiger partial charge in [-0.25, -0.2) is 4.98 Å². The molecular formula is C22H29N3O3S. The summed E-state index contributed by atoms with van der Waals surface area (Å²) in [5.74, 6) is 2.33. The summed E-state index contributed by atoms with van der Waals surface area (Å²) in [6, 6.07) is 7.45. The maximum Gasteiger partial charge on any atom is 0.262 e. The third-order valence-corrected chi connectivity index (χ3v) is 6.37. The molecule has 0 aliphatic rings. The standard InChI is InChI=1S/C22H29N3O3S/c1-6-24(7-2)14-19-23-21-20(15(3)16(4)29-21)22(26)25(19)12-13-28-18-10-8-17(27-5)9-11-18/h8-11H,6-7,12-14H2,1-5H3. The number of hydrogen-bond donors (Lipinski definition) is 0. The van der Waals surface area contributed by atoms with Crippen LogP contribution in [0.1, 0.15) is 30.1 Å². The Hall–Kier alpha value is -2.38. The van der Waals surface area contributed by atoms with Crippen molar-refractivity contribution in [3.63, 3.8) is 0 Å². The van der Waals surface area contributed by atoms with Crippen LogP contribution in [0, 0.1) is 13.8 Å². The molecule has 2 heterocycles. The average Bonchev–Trinajstić information content (AvgIpc) is 3.02. The molecule has 0 saturated heterocycles. The normalized spacial score (nSPS) is 11.4. The molecule has 0 radical (unpaired) electrons. The molecule has 0 spiro atoms. The van der Waals surface area contributed by atoms with E-state index in [0.717, 1.165) is 51.1 Å². The number of fused-ring (bicyclic) bond motifs is 1. The van der Waals surface area contributed by atoms with E-state index in [1.165, 1.54) is 0 Å². The molecule has 6 nitrogen and oxygen atoms in total. The van der Waals surface area contributed by atoms with Gasteiger partial charge < -0.3 is 9.47 Å². The van der Waals surface area contributed by atoms with Crippen LogP contribution in [-0.4, -0.2) is 41.3 Å². The Labute approximate surface area is 175 Å². The van der Waals surface area contributed by atoms with E-state index in [1.54, 1.807) is 23.0 Å². The second-order valence-corrected chi connectivity index (χ2v) is 8.14. The van der Waals surface area contributed by atoms with E-state index in [-0.39, 0.29) is 5.56 Å². The van der Waals surface area contributed by atoms with Crippen LogP contribution < -0.4 is 15.0 Å². The van der Waals surface area contributed by atoms with Gasteiger partial charge in [0, 0.05) is 4.88 Å². The van der Waals surface area contributed by atoms with Crippen LogP contribution in [0.2, 0.25) is 0 Å². The highest BCUT2D eigenvalue weighted by atomic mass is 32.1. The number of nitrogens with zero attached hydrogens (tertiary/aromatic N) is 3. The van der Waals surface area contributed by atoms with Crippen molar-refractivity contribution >= 4 is 21.6 Å². The minimum atomic E-state index is 0.0253. The average molecular weight is 416 g/mol. The van der Waals surface area contributed by atoms with Crippen LogP contribution >= 0.6 is 11.3 Å². The van der Waals surface area contributed by atoms with Crippen LogP contribution in [0.25, 0.3) is 10.2 Å². The Kier molecular flexibility index (Phi) is 6.92. The summed E-state index contributed by atoms with van der Waals surface area (Å²) < 4.78 is 12.8. The van der Waals surface area contributed by atoms with E-state index in [2.05, 4.69) is 18.7 Å². The summed E-state index contributed by atoms with van der Waals surface area (Å²) in [5.41, 5.74) is 1.05. The molecule has 29 heavy (non-hydrogen) atoms. The minimum absolute atomic E-state index is 0.0253. The van der Waals surface area contributed by atoms with Gasteiger partial charge in [-0.3, -0.25) is 14.3 Å². The zero-order valence-corrected chi connectivity index (χ0v) is 18.6. The number of thiophene rings is 1. The van der Waals surface area contributed by atoms with Crippen molar-refractivity contribution in [1.82, 2.24) is 14.5 Å². The van der Waals surface area contributed by atoms with E-state index in [0.29, 0.717) is 19.7 Å². The van der Waals surface area contributed by atoms with Gasteiger partial charge in [-0.2, -0.15) is 0 Å². The highest BCUT2D eigenvalue weighted by Crippen LogP contribution is 2.26. The fraction of sp³-hybridized carbons (Fsp3) is 0.455. The molecule has 0 fully saturated rings. The summed E-state index contributed by atoms with van der Waals surface area (Å²) in [5, 5.41) is 0.736. The van der Waals surface area contributed by atoms with Crippen molar-refractivity contribution in [2.24, 2.45) is 0 Å². The van der Waals surface area contributed by atoms with E-state index < -0.39 is 0 Å². The maximum absolute atomic E-state index is 13.3. The van der Waals surface area contributed by atoms with Crippen LogP contribution in [0.5, 0.6) is 11.5 Å². The molecule has 0 bridgehead atoms. The summed E-state index contributed by atoms with van der Waals surface area (Å²) in [6.45, 7) is 11.6. The third kappa shape index (κ3) is 4.62. The summed E-state index contributed by atoms with van der Waals surface area (Å²) in [6.07, 6.45) is 0. The molecule has 0 atom stereocenters. The van der Waals surface area contributed by atoms with Crippen LogP contribution in [0.3, 0.4) is 0 Å². The first-order valence-corrected chi connectivity index (χ1v) is 10.8. The second-order valence-electron chi connectivity index (χ2n) is 6.93. The summed E-state index contributed by atoms with van der Waals surface area (Å²) >= 11 is 1.60. The second kappa shape index (κ2) is 9.41. The molecule has 3 aromatic rings. The number of ether oxygens (including phenoxy) is 2. The van der Waals surface area contributed by atoms with Crippen molar-refractivity contribution < 1.29 is 9.47 Å². The van der Waals surface area contributed by atoms with Crippen molar-refractivity contribution in [2.75, 3.05) is 26.8 Å². The highest BCUT2D eigenvalue weighted by molar-refractivity contribution is 7.18. The van der Waals surface area contributed by atoms with Gasteiger partial charge in [-0.15, -0.1) is 11.3 Å². The number of aryl methyl sites for hydroxylation is 2. The SMILES string of the molecule is CCN(CC)Cc1nc2sc(C)c(C)c2c(=O)n1CCOc1ccc(OC)cc1.